The van der Waals surface area contributed by atoms with E-state index >= 15 is 0 Å². The maximum absolute atomic E-state index is 12.1. The molecule has 0 saturated carbocycles. The summed E-state index contributed by atoms with van der Waals surface area (Å²) in [5.41, 5.74) is 1.05. The lowest BCUT2D eigenvalue weighted by atomic mass is 10.2. The van der Waals surface area contributed by atoms with E-state index in [9.17, 15) is 4.79 Å². The number of aromatic nitrogens is 1. The molecule has 1 amide bonds. The standard InChI is InChI=1S/C13H10BrClN2O2/c1-19-9-3-4-11(14)10(6-9)13(18)17-8-2-5-12(15)16-7-8/h2-7H,1H3,(H,17,18). The first-order valence-corrected chi connectivity index (χ1v) is 6.53. The van der Waals surface area contributed by atoms with Crippen LogP contribution in [0.25, 0.3) is 0 Å². The fourth-order valence-electron chi connectivity index (χ4n) is 1.45. The molecule has 0 aliphatic carbocycles. The minimum Gasteiger partial charge on any atom is -0.497 e. The Balaban J connectivity index is 2.22. The third-order valence-electron chi connectivity index (χ3n) is 2.40. The molecule has 19 heavy (non-hydrogen) atoms. The third-order valence-corrected chi connectivity index (χ3v) is 3.32. The van der Waals surface area contributed by atoms with Crippen molar-refractivity contribution in [3.63, 3.8) is 0 Å². The highest BCUT2D eigenvalue weighted by molar-refractivity contribution is 9.10. The molecule has 0 spiro atoms. The van der Waals surface area contributed by atoms with Gasteiger partial charge in [-0.3, -0.25) is 4.79 Å². The highest BCUT2D eigenvalue weighted by Crippen LogP contribution is 2.23. The van der Waals surface area contributed by atoms with Crippen LogP contribution in [-0.4, -0.2) is 18.0 Å². The average Bonchev–Trinajstić information content (AvgIpc) is 2.42. The molecule has 98 valence electrons. The van der Waals surface area contributed by atoms with E-state index in [4.69, 9.17) is 16.3 Å². The van der Waals surface area contributed by atoms with Gasteiger partial charge in [0.2, 0.25) is 0 Å². The number of anilines is 1. The van der Waals surface area contributed by atoms with E-state index in [2.05, 4.69) is 26.2 Å². The first-order valence-electron chi connectivity index (χ1n) is 5.36. The van der Waals surface area contributed by atoms with E-state index in [-0.39, 0.29) is 5.91 Å². The van der Waals surface area contributed by atoms with E-state index in [1.807, 2.05) is 0 Å². The molecule has 6 heteroatoms. The number of ether oxygens (including phenoxy) is 1. The van der Waals surface area contributed by atoms with Gasteiger partial charge in [-0.1, -0.05) is 11.6 Å². The molecule has 2 rings (SSSR count). The van der Waals surface area contributed by atoms with E-state index in [1.165, 1.54) is 6.20 Å². The van der Waals surface area contributed by atoms with Crippen molar-refractivity contribution < 1.29 is 9.53 Å². The Kier molecular flexibility index (Phi) is 4.39. The second kappa shape index (κ2) is 6.04. The molecule has 0 fully saturated rings. The lowest BCUT2D eigenvalue weighted by Gasteiger charge is -2.08. The summed E-state index contributed by atoms with van der Waals surface area (Å²) in [7, 11) is 1.55. The van der Waals surface area contributed by atoms with Gasteiger partial charge in [0.1, 0.15) is 10.9 Å². The second-order valence-electron chi connectivity index (χ2n) is 3.67. The van der Waals surface area contributed by atoms with Crippen molar-refractivity contribution in [1.29, 1.82) is 0 Å². The van der Waals surface area contributed by atoms with E-state index in [0.717, 1.165) is 0 Å². The lowest BCUT2D eigenvalue weighted by Crippen LogP contribution is -2.12. The van der Waals surface area contributed by atoms with Gasteiger partial charge in [-0.15, -0.1) is 0 Å². The number of carbonyl (C=O) groups is 1. The van der Waals surface area contributed by atoms with Crippen LogP contribution in [0.5, 0.6) is 5.75 Å². The van der Waals surface area contributed by atoms with Crippen molar-refractivity contribution in [2.45, 2.75) is 0 Å². The molecule has 2 aromatic rings. The third kappa shape index (κ3) is 3.45. The van der Waals surface area contributed by atoms with Crippen molar-refractivity contribution in [3.05, 3.63) is 51.7 Å². The maximum atomic E-state index is 12.1. The Morgan fingerprint density at radius 2 is 2.16 bits per heavy atom. The van der Waals surface area contributed by atoms with Gasteiger partial charge in [0.25, 0.3) is 5.91 Å². The molecule has 1 heterocycles. The Labute approximate surface area is 123 Å². The molecule has 0 saturated heterocycles. The highest BCUT2D eigenvalue weighted by atomic mass is 79.9. The van der Waals surface area contributed by atoms with Crippen LogP contribution in [0, 0.1) is 0 Å². The average molecular weight is 342 g/mol. The lowest BCUT2D eigenvalue weighted by molar-refractivity contribution is 0.102. The number of nitrogens with zero attached hydrogens (tertiary/aromatic N) is 1. The Hall–Kier alpha value is -1.59. The predicted molar refractivity (Wildman–Crippen MR) is 77.9 cm³/mol. The number of methoxy groups -OCH3 is 1. The minimum absolute atomic E-state index is 0.255. The molecule has 0 aliphatic heterocycles. The highest BCUT2D eigenvalue weighted by Gasteiger charge is 2.11. The van der Waals surface area contributed by atoms with Crippen LogP contribution in [0.1, 0.15) is 10.4 Å². The van der Waals surface area contributed by atoms with Crippen LogP contribution in [0.15, 0.2) is 41.0 Å². The van der Waals surface area contributed by atoms with Crippen LogP contribution < -0.4 is 10.1 Å². The summed E-state index contributed by atoms with van der Waals surface area (Å²) < 4.78 is 5.78. The van der Waals surface area contributed by atoms with Crippen LogP contribution in [0.4, 0.5) is 5.69 Å². The normalized spacial score (nSPS) is 10.1. The van der Waals surface area contributed by atoms with Crippen LogP contribution in [-0.2, 0) is 0 Å². The zero-order valence-electron chi connectivity index (χ0n) is 9.98. The zero-order valence-corrected chi connectivity index (χ0v) is 12.3. The van der Waals surface area contributed by atoms with Gasteiger partial charge in [0, 0.05) is 4.47 Å². The molecule has 0 atom stereocenters. The molecule has 0 radical (unpaired) electrons. The number of benzene rings is 1. The molecule has 0 bridgehead atoms. The molecule has 0 aliphatic rings. The number of hydrogen-bond acceptors (Lipinski definition) is 3. The molecule has 1 N–H and O–H groups in total. The van der Waals surface area contributed by atoms with Gasteiger partial charge in [-0.25, -0.2) is 4.98 Å². The van der Waals surface area contributed by atoms with E-state index in [1.54, 1.807) is 37.4 Å². The molecule has 4 nitrogen and oxygen atoms in total. The molecule has 1 aromatic heterocycles. The zero-order chi connectivity index (χ0) is 13.8. The number of carbonyl (C=O) groups excluding carboxylic acids is 1. The molecular formula is C13H10BrClN2O2. The van der Waals surface area contributed by atoms with Crippen LogP contribution in [0.3, 0.4) is 0 Å². The quantitative estimate of drug-likeness (QED) is 0.865. The monoisotopic (exact) mass is 340 g/mol. The van der Waals surface area contributed by atoms with Crippen molar-refractivity contribution in [2.24, 2.45) is 0 Å². The topological polar surface area (TPSA) is 51.2 Å². The number of amides is 1. The fourth-order valence-corrected chi connectivity index (χ4v) is 1.99. The summed E-state index contributed by atoms with van der Waals surface area (Å²) in [4.78, 5) is 16.0. The summed E-state index contributed by atoms with van der Waals surface area (Å²) >= 11 is 9.01. The summed E-state index contributed by atoms with van der Waals surface area (Å²) in [6.45, 7) is 0. The van der Waals surface area contributed by atoms with Crippen molar-refractivity contribution in [2.75, 3.05) is 12.4 Å². The van der Waals surface area contributed by atoms with Gasteiger partial charge in [-0.2, -0.15) is 0 Å². The van der Waals surface area contributed by atoms with Crippen molar-refractivity contribution in [1.82, 2.24) is 4.98 Å². The van der Waals surface area contributed by atoms with Crippen molar-refractivity contribution >= 4 is 39.1 Å². The van der Waals surface area contributed by atoms with Crippen LogP contribution in [0.2, 0.25) is 5.15 Å². The smallest absolute Gasteiger partial charge is 0.256 e. The SMILES string of the molecule is COc1ccc(Br)c(C(=O)Nc2ccc(Cl)nc2)c1. The number of hydrogen-bond donors (Lipinski definition) is 1. The van der Waals surface area contributed by atoms with E-state index in [0.29, 0.717) is 26.6 Å². The largest absolute Gasteiger partial charge is 0.497 e. The Morgan fingerprint density at radius 3 is 2.79 bits per heavy atom. The fraction of sp³-hybridized carbons (Fsp3) is 0.0769. The first-order chi connectivity index (χ1) is 9.10. The summed E-state index contributed by atoms with van der Waals surface area (Å²) in [6, 6.07) is 8.47. The minimum atomic E-state index is -0.255. The summed E-state index contributed by atoms with van der Waals surface area (Å²) in [6.07, 6.45) is 1.49. The predicted octanol–water partition coefficient (Wildman–Crippen LogP) is 3.76. The number of rotatable bonds is 3. The van der Waals surface area contributed by atoms with Gasteiger partial charge in [0.05, 0.1) is 24.6 Å². The summed E-state index contributed by atoms with van der Waals surface area (Å²) in [5.74, 6) is 0.359. The maximum Gasteiger partial charge on any atom is 0.256 e. The number of halogens is 2. The van der Waals surface area contributed by atoms with Gasteiger partial charge in [-0.05, 0) is 46.3 Å². The second-order valence-corrected chi connectivity index (χ2v) is 4.91. The summed E-state index contributed by atoms with van der Waals surface area (Å²) in [5, 5.41) is 3.11. The van der Waals surface area contributed by atoms with Gasteiger partial charge in [0.15, 0.2) is 0 Å². The first kappa shape index (κ1) is 13.8. The molecule has 0 unspecified atom stereocenters. The Bertz CT molecular complexity index is 602. The molecule has 1 aromatic carbocycles. The Morgan fingerprint density at radius 1 is 1.37 bits per heavy atom. The number of nitrogens with one attached hydrogen (secondary N) is 1. The van der Waals surface area contributed by atoms with E-state index < -0.39 is 0 Å². The van der Waals surface area contributed by atoms with Gasteiger partial charge < -0.3 is 10.1 Å². The van der Waals surface area contributed by atoms with Gasteiger partial charge >= 0.3 is 0 Å². The molecular weight excluding hydrogens is 332 g/mol. The number of pyridine rings is 1. The van der Waals surface area contributed by atoms with Crippen molar-refractivity contribution in [3.8, 4) is 5.75 Å². The van der Waals surface area contributed by atoms with Crippen LogP contribution >= 0.6 is 27.5 Å².